The SMILES string of the molecule is COc1ccc(C(=O)N(CCN)CC(F)(F)F)cc1O. The lowest BCUT2D eigenvalue weighted by molar-refractivity contribution is -0.140. The van der Waals surface area contributed by atoms with Gasteiger partial charge >= 0.3 is 6.18 Å². The summed E-state index contributed by atoms with van der Waals surface area (Å²) in [7, 11) is 1.32. The number of methoxy groups -OCH3 is 1. The molecule has 0 saturated carbocycles. The zero-order valence-electron chi connectivity index (χ0n) is 10.8. The fourth-order valence-corrected chi connectivity index (χ4v) is 1.63. The Morgan fingerprint density at radius 1 is 1.45 bits per heavy atom. The number of alkyl halides is 3. The summed E-state index contributed by atoms with van der Waals surface area (Å²) >= 11 is 0. The van der Waals surface area contributed by atoms with Gasteiger partial charge in [0.05, 0.1) is 7.11 Å². The van der Waals surface area contributed by atoms with E-state index in [2.05, 4.69) is 0 Å². The van der Waals surface area contributed by atoms with Crippen LogP contribution in [0.2, 0.25) is 0 Å². The van der Waals surface area contributed by atoms with Crippen molar-refractivity contribution in [3.63, 3.8) is 0 Å². The van der Waals surface area contributed by atoms with Gasteiger partial charge in [-0.15, -0.1) is 0 Å². The number of phenols is 1. The number of hydrogen-bond donors (Lipinski definition) is 2. The van der Waals surface area contributed by atoms with Crippen LogP contribution in [0.1, 0.15) is 10.4 Å². The number of hydrogen-bond acceptors (Lipinski definition) is 4. The van der Waals surface area contributed by atoms with Crippen molar-refractivity contribution in [2.75, 3.05) is 26.7 Å². The average molecular weight is 292 g/mol. The largest absolute Gasteiger partial charge is 0.504 e. The zero-order valence-corrected chi connectivity index (χ0v) is 10.8. The molecule has 8 heteroatoms. The lowest BCUT2D eigenvalue weighted by Gasteiger charge is -2.23. The van der Waals surface area contributed by atoms with E-state index in [9.17, 15) is 23.1 Å². The van der Waals surface area contributed by atoms with Gasteiger partial charge in [0.25, 0.3) is 5.91 Å². The molecule has 0 radical (unpaired) electrons. The maximum Gasteiger partial charge on any atom is 0.406 e. The molecule has 1 aromatic carbocycles. The highest BCUT2D eigenvalue weighted by Gasteiger charge is 2.33. The smallest absolute Gasteiger partial charge is 0.406 e. The first-order chi connectivity index (χ1) is 9.28. The number of nitrogens with two attached hydrogens (primary N) is 1. The Balaban J connectivity index is 2.97. The summed E-state index contributed by atoms with van der Waals surface area (Å²) in [6.45, 7) is -1.72. The minimum atomic E-state index is -4.51. The van der Waals surface area contributed by atoms with Gasteiger partial charge in [-0.2, -0.15) is 13.2 Å². The minimum absolute atomic E-state index is 0.0685. The van der Waals surface area contributed by atoms with E-state index >= 15 is 0 Å². The van der Waals surface area contributed by atoms with Crippen LogP contribution in [0.3, 0.4) is 0 Å². The fraction of sp³-hybridized carbons (Fsp3) is 0.417. The molecule has 20 heavy (non-hydrogen) atoms. The molecule has 5 nitrogen and oxygen atoms in total. The van der Waals surface area contributed by atoms with E-state index < -0.39 is 18.6 Å². The Labute approximate surface area is 113 Å². The molecule has 0 spiro atoms. The summed E-state index contributed by atoms with van der Waals surface area (Å²) in [6.07, 6.45) is -4.51. The topological polar surface area (TPSA) is 75.8 Å². The van der Waals surface area contributed by atoms with E-state index in [-0.39, 0.29) is 30.2 Å². The molecule has 0 fully saturated rings. The fourth-order valence-electron chi connectivity index (χ4n) is 1.63. The van der Waals surface area contributed by atoms with Gasteiger partial charge in [-0.3, -0.25) is 4.79 Å². The molecule has 0 saturated heterocycles. The molecule has 0 heterocycles. The van der Waals surface area contributed by atoms with E-state index in [1.807, 2.05) is 0 Å². The highest BCUT2D eigenvalue weighted by atomic mass is 19.4. The summed E-state index contributed by atoms with van der Waals surface area (Å²) in [4.78, 5) is 12.6. The van der Waals surface area contributed by atoms with Gasteiger partial charge in [0.2, 0.25) is 0 Å². The molecule has 1 amide bonds. The summed E-state index contributed by atoms with van der Waals surface area (Å²) in [5.41, 5.74) is 5.14. The number of rotatable bonds is 5. The quantitative estimate of drug-likeness (QED) is 0.859. The maximum absolute atomic E-state index is 12.4. The van der Waals surface area contributed by atoms with Crippen molar-refractivity contribution in [2.24, 2.45) is 5.73 Å². The Morgan fingerprint density at radius 3 is 2.55 bits per heavy atom. The third-order valence-corrected chi connectivity index (χ3v) is 2.48. The van der Waals surface area contributed by atoms with Crippen molar-refractivity contribution in [3.8, 4) is 11.5 Å². The van der Waals surface area contributed by atoms with E-state index in [0.717, 1.165) is 6.07 Å². The Morgan fingerprint density at radius 2 is 2.10 bits per heavy atom. The van der Waals surface area contributed by atoms with Crippen LogP contribution >= 0.6 is 0 Å². The molecule has 0 atom stereocenters. The molecule has 1 aromatic rings. The van der Waals surface area contributed by atoms with Crippen LogP contribution in [-0.4, -0.2) is 48.8 Å². The first-order valence-corrected chi connectivity index (χ1v) is 5.71. The molecule has 0 aliphatic rings. The maximum atomic E-state index is 12.4. The van der Waals surface area contributed by atoms with Gasteiger partial charge in [-0.1, -0.05) is 0 Å². The lowest BCUT2D eigenvalue weighted by atomic mass is 10.1. The van der Waals surface area contributed by atoms with Crippen LogP contribution in [0.5, 0.6) is 11.5 Å². The van der Waals surface area contributed by atoms with E-state index in [1.54, 1.807) is 0 Å². The number of benzene rings is 1. The molecule has 0 aromatic heterocycles. The van der Waals surface area contributed by atoms with Gasteiger partial charge in [0, 0.05) is 18.7 Å². The molecule has 1 rings (SSSR count). The average Bonchev–Trinajstić information content (AvgIpc) is 2.35. The molecule has 0 aliphatic carbocycles. The number of carbonyl (C=O) groups excluding carboxylic acids is 1. The first-order valence-electron chi connectivity index (χ1n) is 5.71. The van der Waals surface area contributed by atoms with Gasteiger partial charge in [-0.05, 0) is 18.2 Å². The van der Waals surface area contributed by atoms with Crippen molar-refractivity contribution in [1.82, 2.24) is 4.90 Å². The summed E-state index contributed by atoms with van der Waals surface area (Å²) in [5.74, 6) is -1.05. The van der Waals surface area contributed by atoms with Gasteiger partial charge in [0.15, 0.2) is 11.5 Å². The van der Waals surface area contributed by atoms with E-state index in [4.69, 9.17) is 10.5 Å². The third kappa shape index (κ3) is 4.30. The van der Waals surface area contributed by atoms with Crippen LogP contribution in [0, 0.1) is 0 Å². The number of amides is 1. The third-order valence-electron chi connectivity index (χ3n) is 2.48. The highest BCUT2D eigenvalue weighted by Crippen LogP contribution is 2.27. The van der Waals surface area contributed by atoms with Crippen LogP contribution in [0.25, 0.3) is 0 Å². The Bertz CT molecular complexity index is 478. The Hall–Kier alpha value is -1.96. The van der Waals surface area contributed by atoms with Gasteiger partial charge in [0.1, 0.15) is 6.54 Å². The zero-order chi connectivity index (χ0) is 15.3. The van der Waals surface area contributed by atoms with Crippen molar-refractivity contribution in [1.29, 1.82) is 0 Å². The van der Waals surface area contributed by atoms with Crippen LogP contribution < -0.4 is 10.5 Å². The Kier molecular flexibility index (Phi) is 5.20. The van der Waals surface area contributed by atoms with Crippen molar-refractivity contribution in [2.45, 2.75) is 6.18 Å². The lowest BCUT2D eigenvalue weighted by Crippen LogP contribution is -2.41. The molecule has 0 bridgehead atoms. The van der Waals surface area contributed by atoms with Gasteiger partial charge in [-0.25, -0.2) is 0 Å². The highest BCUT2D eigenvalue weighted by molar-refractivity contribution is 5.95. The normalized spacial score (nSPS) is 11.2. The molecular formula is C12H15F3N2O3. The molecular weight excluding hydrogens is 277 g/mol. The summed E-state index contributed by atoms with van der Waals surface area (Å²) in [6, 6.07) is 3.64. The molecule has 0 unspecified atom stereocenters. The van der Waals surface area contributed by atoms with Crippen molar-refractivity contribution >= 4 is 5.91 Å². The van der Waals surface area contributed by atoms with Gasteiger partial charge < -0.3 is 20.5 Å². The van der Waals surface area contributed by atoms with Crippen LogP contribution in [0.4, 0.5) is 13.2 Å². The monoisotopic (exact) mass is 292 g/mol. The number of phenolic OH excluding ortho intramolecular Hbond substituents is 1. The first kappa shape index (κ1) is 16.1. The summed E-state index contributed by atoms with van der Waals surface area (Å²) in [5, 5.41) is 9.54. The van der Waals surface area contributed by atoms with Crippen LogP contribution in [0.15, 0.2) is 18.2 Å². The predicted octanol–water partition coefficient (Wildman–Crippen LogP) is 1.36. The molecule has 0 aliphatic heterocycles. The van der Waals surface area contributed by atoms with E-state index in [1.165, 1.54) is 19.2 Å². The number of halogens is 3. The number of ether oxygens (including phenoxy) is 1. The van der Waals surface area contributed by atoms with Crippen molar-refractivity contribution < 1.29 is 27.8 Å². The second-order valence-corrected chi connectivity index (χ2v) is 4.02. The second kappa shape index (κ2) is 6.47. The summed E-state index contributed by atoms with van der Waals surface area (Å²) < 4.78 is 42.0. The molecule has 112 valence electrons. The molecule has 3 N–H and O–H groups in total. The predicted molar refractivity (Wildman–Crippen MR) is 65.7 cm³/mol. The number of carbonyl (C=O) groups is 1. The standard InChI is InChI=1S/C12H15F3N2O3/c1-20-10-3-2-8(6-9(10)18)11(19)17(5-4-16)7-12(13,14)15/h2-3,6,18H,4-5,7,16H2,1H3. The van der Waals surface area contributed by atoms with Crippen LogP contribution in [-0.2, 0) is 0 Å². The number of nitrogens with zero attached hydrogens (tertiary/aromatic N) is 1. The second-order valence-electron chi connectivity index (χ2n) is 4.02. The van der Waals surface area contributed by atoms with E-state index in [0.29, 0.717) is 4.90 Å². The van der Waals surface area contributed by atoms with Crippen molar-refractivity contribution in [3.05, 3.63) is 23.8 Å². The minimum Gasteiger partial charge on any atom is -0.504 e. The number of aromatic hydroxyl groups is 1.